The van der Waals surface area contributed by atoms with Crippen LogP contribution in [-0.2, 0) is 4.74 Å². The van der Waals surface area contributed by atoms with Gasteiger partial charge in [-0.1, -0.05) is 22.0 Å². The van der Waals surface area contributed by atoms with Gasteiger partial charge in [0.1, 0.15) is 12.4 Å². The molecule has 1 aliphatic heterocycles. The summed E-state index contributed by atoms with van der Waals surface area (Å²) in [6.07, 6.45) is 3.84. The smallest absolute Gasteiger partial charge is 0.120 e. The lowest BCUT2D eigenvalue weighted by Gasteiger charge is -2.22. The molecule has 0 spiro atoms. The largest absolute Gasteiger partial charge is 0.491 e. The maximum absolute atomic E-state index is 5.67. The monoisotopic (exact) mass is 270 g/mol. The number of ether oxygens (including phenoxy) is 2. The molecule has 0 aliphatic carbocycles. The molecular weight excluding hydrogens is 256 g/mol. The Morgan fingerprint density at radius 1 is 1.40 bits per heavy atom. The van der Waals surface area contributed by atoms with E-state index >= 15 is 0 Å². The second-order valence-corrected chi connectivity index (χ2v) is 4.67. The molecule has 2 nitrogen and oxygen atoms in total. The van der Waals surface area contributed by atoms with Crippen molar-refractivity contribution in [2.45, 2.75) is 25.4 Å². The van der Waals surface area contributed by atoms with Crippen molar-refractivity contribution in [2.24, 2.45) is 0 Å². The van der Waals surface area contributed by atoms with Crippen LogP contribution in [-0.4, -0.2) is 19.3 Å². The van der Waals surface area contributed by atoms with Gasteiger partial charge in [-0.25, -0.2) is 0 Å². The highest BCUT2D eigenvalue weighted by atomic mass is 79.9. The maximum atomic E-state index is 5.67. The van der Waals surface area contributed by atoms with E-state index in [9.17, 15) is 0 Å². The predicted molar refractivity (Wildman–Crippen MR) is 63.2 cm³/mol. The molecule has 0 bridgehead atoms. The van der Waals surface area contributed by atoms with Crippen LogP contribution in [0.5, 0.6) is 5.75 Å². The molecule has 1 fully saturated rings. The van der Waals surface area contributed by atoms with Crippen molar-refractivity contribution >= 4 is 15.9 Å². The summed E-state index contributed by atoms with van der Waals surface area (Å²) >= 11 is 3.42. The molecular formula is C12H15BrO2. The first-order valence-corrected chi connectivity index (χ1v) is 6.14. The molecule has 0 N–H and O–H groups in total. The minimum Gasteiger partial charge on any atom is -0.491 e. The minimum atomic E-state index is 0.276. The van der Waals surface area contributed by atoms with Gasteiger partial charge in [0.25, 0.3) is 0 Å². The molecule has 1 heterocycles. The van der Waals surface area contributed by atoms with Crippen molar-refractivity contribution in [3.63, 3.8) is 0 Å². The summed E-state index contributed by atoms with van der Waals surface area (Å²) in [5.41, 5.74) is 0. The number of hydrogen-bond donors (Lipinski definition) is 0. The Bertz CT molecular complexity index is 308. The molecule has 15 heavy (non-hydrogen) atoms. The predicted octanol–water partition coefficient (Wildman–Crippen LogP) is 3.40. The van der Waals surface area contributed by atoms with Gasteiger partial charge in [-0.05, 0) is 37.5 Å². The molecule has 1 aromatic rings. The molecule has 0 amide bonds. The molecule has 0 radical (unpaired) electrons. The van der Waals surface area contributed by atoms with Crippen LogP contribution < -0.4 is 4.74 Å². The average Bonchev–Trinajstić information content (AvgIpc) is 2.28. The van der Waals surface area contributed by atoms with Crippen LogP contribution in [0.3, 0.4) is 0 Å². The number of benzene rings is 1. The summed E-state index contributed by atoms with van der Waals surface area (Å²) in [5, 5.41) is 0. The Kier molecular flexibility index (Phi) is 4.03. The van der Waals surface area contributed by atoms with Crippen LogP contribution in [0.25, 0.3) is 0 Å². The maximum Gasteiger partial charge on any atom is 0.120 e. The van der Waals surface area contributed by atoms with E-state index in [1.54, 1.807) is 0 Å². The SMILES string of the molecule is Brc1cccc(OCC2CCCCO2)c1. The second-order valence-electron chi connectivity index (χ2n) is 3.76. The Hall–Kier alpha value is -0.540. The fraction of sp³-hybridized carbons (Fsp3) is 0.500. The Morgan fingerprint density at radius 3 is 3.07 bits per heavy atom. The molecule has 2 rings (SSSR count). The van der Waals surface area contributed by atoms with E-state index in [-0.39, 0.29) is 6.10 Å². The topological polar surface area (TPSA) is 18.5 Å². The highest BCUT2D eigenvalue weighted by Gasteiger charge is 2.14. The lowest BCUT2D eigenvalue weighted by atomic mass is 10.1. The zero-order valence-corrected chi connectivity index (χ0v) is 10.2. The van der Waals surface area contributed by atoms with E-state index in [1.807, 2.05) is 24.3 Å². The summed E-state index contributed by atoms with van der Waals surface area (Å²) in [6.45, 7) is 1.54. The van der Waals surface area contributed by atoms with Gasteiger partial charge in [0.2, 0.25) is 0 Å². The van der Waals surface area contributed by atoms with Crippen LogP contribution in [0.4, 0.5) is 0 Å². The van der Waals surface area contributed by atoms with E-state index in [0.29, 0.717) is 6.61 Å². The molecule has 1 unspecified atom stereocenters. The van der Waals surface area contributed by atoms with Gasteiger partial charge < -0.3 is 9.47 Å². The standard InChI is InChI=1S/C12H15BrO2/c13-10-4-3-6-11(8-10)15-9-12-5-1-2-7-14-12/h3-4,6,8,12H,1-2,5,7,9H2. The first-order valence-electron chi connectivity index (χ1n) is 5.34. The fourth-order valence-electron chi connectivity index (χ4n) is 1.68. The first-order chi connectivity index (χ1) is 7.34. The van der Waals surface area contributed by atoms with Crippen molar-refractivity contribution < 1.29 is 9.47 Å². The quantitative estimate of drug-likeness (QED) is 0.838. The van der Waals surface area contributed by atoms with E-state index in [4.69, 9.17) is 9.47 Å². The van der Waals surface area contributed by atoms with Crippen LogP contribution in [0, 0.1) is 0 Å². The minimum absolute atomic E-state index is 0.276. The zero-order valence-electron chi connectivity index (χ0n) is 8.62. The van der Waals surface area contributed by atoms with E-state index in [2.05, 4.69) is 15.9 Å². The first kappa shape index (κ1) is 11.0. The summed E-state index contributed by atoms with van der Waals surface area (Å²) in [4.78, 5) is 0. The molecule has 1 saturated heterocycles. The zero-order chi connectivity index (χ0) is 10.5. The summed E-state index contributed by atoms with van der Waals surface area (Å²) in [5.74, 6) is 0.901. The molecule has 1 atom stereocenters. The Balaban J connectivity index is 1.81. The van der Waals surface area contributed by atoms with Gasteiger partial charge in [0.15, 0.2) is 0 Å². The van der Waals surface area contributed by atoms with E-state index in [1.165, 1.54) is 12.8 Å². The highest BCUT2D eigenvalue weighted by Crippen LogP contribution is 2.19. The van der Waals surface area contributed by atoms with E-state index in [0.717, 1.165) is 23.2 Å². The van der Waals surface area contributed by atoms with Gasteiger partial charge in [-0.2, -0.15) is 0 Å². The van der Waals surface area contributed by atoms with Crippen molar-refractivity contribution in [3.05, 3.63) is 28.7 Å². The summed E-state index contributed by atoms with van der Waals surface area (Å²) in [7, 11) is 0. The van der Waals surface area contributed by atoms with Crippen molar-refractivity contribution in [3.8, 4) is 5.75 Å². The van der Waals surface area contributed by atoms with Crippen molar-refractivity contribution in [2.75, 3.05) is 13.2 Å². The molecule has 1 aliphatic rings. The Labute approximate surface area is 98.7 Å². The van der Waals surface area contributed by atoms with E-state index < -0.39 is 0 Å². The molecule has 0 aromatic heterocycles. The van der Waals surface area contributed by atoms with Crippen LogP contribution in [0.15, 0.2) is 28.7 Å². The third kappa shape index (κ3) is 3.50. The van der Waals surface area contributed by atoms with Gasteiger partial charge in [-0.15, -0.1) is 0 Å². The lowest BCUT2D eigenvalue weighted by molar-refractivity contribution is -0.0110. The van der Waals surface area contributed by atoms with Crippen LogP contribution in [0.2, 0.25) is 0 Å². The van der Waals surface area contributed by atoms with Crippen molar-refractivity contribution in [1.29, 1.82) is 0 Å². The molecule has 3 heteroatoms. The third-order valence-corrected chi connectivity index (χ3v) is 3.00. The number of rotatable bonds is 3. The lowest BCUT2D eigenvalue weighted by Crippen LogP contribution is -2.25. The normalized spacial score (nSPS) is 21.3. The van der Waals surface area contributed by atoms with Crippen LogP contribution >= 0.6 is 15.9 Å². The summed E-state index contributed by atoms with van der Waals surface area (Å²) in [6, 6.07) is 7.90. The molecule has 0 saturated carbocycles. The van der Waals surface area contributed by atoms with Crippen molar-refractivity contribution in [1.82, 2.24) is 0 Å². The Morgan fingerprint density at radius 2 is 2.33 bits per heavy atom. The number of halogens is 1. The fourth-order valence-corrected chi connectivity index (χ4v) is 2.06. The molecule has 82 valence electrons. The molecule has 1 aromatic carbocycles. The van der Waals surface area contributed by atoms with Gasteiger partial charge in [0, 0.05) is 11.1 Å². The number of hydrogen-bond acceptors (Lipinski definition) is 2. The van der Waals surface area contributed by atoms with Crippen LogP contribution in [0.1, 0.15) is 19.3 Å². The second kappa shape index (κ2) is 5.52. The van der Waals surface area contributed by atoms with Gasteiger partial charge >= 0.3 is 0 Å². The third-order valence-electron chi connectivity index (χ3n) is 2.51. The van der Waals surface area contributed by atoms with Gasteiger partial charge in [-0.3, -0.25) is 0 Å². The highest BCUT2D eigenvalue weighted by molar-refractivity contribution is 9.10. The summed E-state index contributed by atoms with van der Waals surface area (Å²) < 4.78 is 12.3. The van der Waals surface area contributed by atoms with Gasteiger partial charge in [0.05, 0.1) is 6.10 Å². The average molecular weight is 271 g/mol.